The van der Waals surface area contributed by atoms with E-state index < -0.39 is 15.1 Å². The fraction of sp³-hybridized carbons (Fsp3) is 0.235. The second-order valence-electron chi connectivity index (χ2n) is 5.77. The van der Waals surface area contributed by atoms with Crippen LogP contribution in [-0.4, -0.2) is 37.7 Å². The van der Waals surface area contributed by atoms with Crippen LogP contribution in [0.2, 0.25) is 10.0 Å². The molecule has 1 saturated heterocycles. The van der Waals surface area contributed by atoms with E-state index in [1.807, 2.05) is 0 Å². The Morgan fingerprint density at radius 3 is 2.44 bits per heavy atom. The molecule has 1 unspecified atom stereocenters. The molecule has 3 rings (SSSR count). The van der Waals surface area contributed by atoms with Gasteiger partial charge in [-0.1, -0.05) is 35.3 Å². The van der Waals surface area contributed by atoms with Gasteiger partial charge in [0.25, 0.3) is 0 Å². The highest BCUT2D eigenvalue weighted by Gasteiger charge is 2.36. The fourth-order valence-electron chi connectivity index (χ4n) is 2.74. The summed E-state index contributed by atoms with van der Waals surface area (Å²) in [5, 5.41) is 2.99. The Morgan fingerprint density at radius 2 is 1.76 bits per heavy atom. The Morgan fingerprint density at radius 1 is 1.08 bits per heavy atom. The van der Waals surface area contributed by atoms with Gasteiger partial charge in [0.1, 0.15) is 0 Å². The molecule has 1 aliphatic rings. The van der Waals surface area contributed by atoms with Crippen molar-refractivity contribution < 1.29 is 13.2 Å². The standard InChI is InChI=1S/C17H16Cl2N2O3S/c18-12-5-7-13(8-6-12)25(23,24)14-9-10-21(11-14)17(22)20-16-4-2-1-3-15(16)19/h1-8,14H,9-11H2,(H,20,22). The molecule has 1 atom stereocenters. The molecule has 2 amide bonds. The average molecular weight is 399 g/mol. The Bertz CT molecular complexity index is 885. The van der Waals surface area contributed by atoms with Crippen LogP contribution in [0.1, 0.15) is 6.42 Å². The first-order chi connectivity index (χ1) is 11.9. The summed E-state index contributed by atoms with van der Waals surface area (Å²) < 4.78 is 25.4. The summed E-state index contributed by atoms with van der Waals surface area (Å²) in [5.74, 6) is 0. The molecule has 0 bridgehead atoms. The number of carbonyl (C=O) groups excluding carboxylic acids is 1. The molecule has 0 saturated carbocycles. The highest BCUT2D eigenvalue weighted by molar-refractivity contribution is 7.92. The maximum Gasteiger partial charge on any atom is 0.321 e. The van der Waals surface area contributed by atoms with Crippen molar-refractivity contribution >= 4 is 44.8 Å². The van der Waals surface area contributed by atoms with Crippen LogP contribution in [0.4, 0.5) is 10.5 Å². The number of benzene rings is 2. The van der Waals surface area contributed by atoms with Crippen molar-refractivity contribution in [3.05, 3.63) is 58.6 Å². The molecule has 132 valence electrons. The number of urea groups is 1. The second-order valence-corrected chi connectivity index (χ2v) is 8.84. The quantitative estimate of drug-likeness (QED) is 0.846. The molecule has 0 aromatic heterocycles. The van der Waals surface area contributed by atoms with Gasteiger partial charge in [-0.2, -0.15) is 0 Å². The van der Waals surface area contributed by atoms with E-state index in [0.717, 1.165) is 0 Å². The first-order valence-electron chi connectivity index (χ1n) is 7.68. The first-order valence-corrected chi connectivity index (χ1v) is 9.98. The molecule has 2 aromatic carbocycles. The molecule has 0 radical (unpaired) electrons. The summed E-state index contributed by atoms with van der Waals surface area (Å²) in [7, 11) is -3.51. The highest BCUT2D eigenvalue weighted by Crippen LogP contribution is 2.26. The zero-order chi connectivity index (χ0) is 18.0. The van der Waals surface area contributed by atoms with Crippen molar-refractivity contribution in [3.63, 3.8) is 0 Å². The number of rotatable bonds is 3. The first kappa shape index (κ1) is 18.0. The Kier molecular flexibility index (Phi) is 5.22. The molecule has 1 fully saturated rings. The number of carbonyl (C=O) groups is 1. The van der Waals surface area contributed by atoms with Crippen LogP contribution in [0.5, 0.6) is 0 Å². The third-order valence-corrected chi connectivity index (χ3v) is 6.90. The summed E-state index contributed by atoms with van der Waals surface area (Å²) in [4.78, 5) is 14.1. The summed E-state index contributed by atoms with van der Waals surface area (Å²) in [6.45, 7) is 0.509. The number of para-hydroxylation sites is 1. The molecular weight excluding hydrogens is 383 g/mol. The molecule has 8 heteroatoms. The topological polar surface area (TPSA) is 66.5 Å². The number of halogens is 2. The number of nitrogens with zero attached hydrogens (tertiary/aromatic N) is 1. The minimum Gasteiger partial charge on any atom is -0.323 e. The zero-order valence-corrected chi connectivity index (χ0v) is 15.5. The maximum absolute atomic E-state index is 12.7. The minimum absolute atomic E-state index is 0.140. The van der Waals surface area contributed by atoms with Gasteiger partial charge < -0.3 is 10.2 Å². The van der Waals surface area contributed by atoms with Crippen LogP contribution in [0.15, 0.2) is 53.4 Å². The van der Waals surface area contributed by atoms with E-state index in [4.69, 9.17) is 23.2 Å². The lowest BCUT2D eigenvalue weighted by molar-refractivity contribution is 0.222. The smallest absolute Gasteiger partial charge is 0.321 e. The Labute approximate surface area is 156 Å². The van der Waals surface area contributed by atoms with Gasteiger partial charge in [-0.3, -0.25) is 0 Å². The van der Waals surface area contributed by atoms with Gasteiger partial charge >= 0.3 is 6.03 Å². The highest BCUT2D eigenvalue weighted by atomic mass is 35.5. The van der Waals surface area contributed by atoms with Crippen LogP contribution < -0.4 is 5.32 Å². The largest absolute Gasteiger partial charge is 0.323 e. The van der Waals surface area contributed by atoms with Crippen LogP contribution in [-0.2, 0) is 9.84 Å². The molecule has 1 aliphatic heterocycles. The number of likely N-dealkylation sites (tertiary alicyclic amines) is 1. The lowest BCUT2D eigenvalue weighted by Crippen LogP contribution is -2.35. The number of nitrogens with one attached hydrogen (secondary N) is 1. The third-order valence-electron chi connectivity index (χ3n) is 4.13. The van der Waals surface area contributed by atoms with Crippen molar-refractivity contribution in [1.29, 1.82) is 0 Å². The molecule has 5 nitrogen and oxygen atoms in total. The fourth-order valence-corrected chi connectivity index (χ4v) is 4.74. The van der Waals surface area contributed by atoms with E-state index in [9.17, 15) is 13.2 Å². The van der Waals surface area contributed by atoms with Gasteiger partial charge in [0, 0.05) is 18.1 Å². The van der Waals surface area contributed by atoms with E-state index in [2.05, 4.69) is 5.32 Å². The van der Waals surface area contributed by atoms with E-state index in [1.165, 1.54) is 17.0 Å². The molecule has 0 aliphatic carbocycles. The van der Waals surface area contributed by atoms with E-state index >= 15 is 0 Å². The van der Waals surface area contributed by atoms with Gasteiger partial charge in [0.15, 0.2) is 9.84 Å². The summed E-state index contributed by atoms with van der Waals surface area (Å²) in [6.07, 6.45) is 0.390. The van der Waals surface area contributed by atoms with E-state index in [-0.39, 0.29) is 17.5 Å². The van der Waals surface area contributed by atoms with Gasteiger partial charge in [-0.25, -0.2) is 13.2 Å². The average Bonchev–Trinajstić information content (AvgIpc) is 3.08. The monoisotopic (exact) mass is 398 g/mol. The molecular formula is C17H16Cl2N2O3S. The van der Waals surface area contributed by atoms with Crippen LogP contribution >= 0.6 is 23.2 Å². The van der Waals surface area contributed by atoms with Crippen LogP contribution in [0, 0.1) is 0 Å². The summed E-state index contributed by atoms with van der Waals surface area (Å²) >= 11 is 11.8. The zero-order valence-electron chi connectivity index (χ0n) is 13.2. The predicted octanol–water partition coefficient (Wildman–Crippen LogP) is 4.07. The van der Waals surface area contributed by atoms with Crippen molar-refractivity contribution in [2.45, 2.75) is 16.6 Å². The lowest BCUT2D eigenvalue weighted by Gasteiger charge is -2.18. The number of sulfone groups is 1. The molecule has 1 N–H and O–H groups in total. The normalized spacial score (nSPS) is 17.5. The van der Waals surface area contributed by atoms with Crippen molar-refractivity contribution in [2.75, 3.05) is 18.4 Å². The van der Waals surface area contributed by atoms with Crippen LogP contribution in [0.3, 0.4) is 0 Å². The van der Waals surface area contributed by atoms with Crippen molar-refractivity contribution in [3.8, 4) is 0 Å². The van der Waals surface area contributed by atoms with Crippen LogP contribution in [0.25, 0.3) is 0 Å². The molecule has 0 spiro atoms. The number of anilines is 1. The number of hydrogen-bond acceptors (Lipinski definition) is 3. The number of amides is 2. The Hall–Kier alpha value is -1.76. The van der Waals surface area contributed by atoms with Crippen molar-refractivity contribution in [1.82, 2.24) is 4.90 Å². The number of hydrogen-bond donors (Lipinski definition) is 1. The minimum atomic E-state index is -3.51. The SMILES string of the molecule is O=C(Nc1ccccc1Cl)N1CCC(S(=O)(=O)c2ccc(Cl)cc2)C1. The predicted molar refractivity (Wildman–Crippen MR) is 99.1 cm³/mol. The molecule has 25 heavy (non-hydrogen) atoms. The second kappa shape index (κ2) is 7.23. The van der Waals surface area contributed by atoms with Crippen molar-refractivity contribution in [2.24, 2.45) is 0 Å². The van der Waals surface area contributed by atoms with E-state index in [0.29, 0.717) is 28.7 Å². The maximum atomic E-state index is 12.7. The lowest BCUT2D eigenvalue weighted by atomic mass is 10.3. The molecule has 1 heterocycles. The summed E-state index contributed by atoms with van der Waals surface area (Å²) in [5.41, 5.74) is 0.498. The van der Waals surface area contributed by atoms with Gasteiger partial charge in [-0.05, 0) is 42.8 Å². The third kappa shape index (κ3) is 3.92. The van der Waals surface area contributed by atoms with Gasteiger partial charge in [0.05, 0.1) is 20.9 Å². The van der Waals surface area contributed by atoms with Gasteiger partial charge in [0.2, 0.25) is 0 Å². The summed E-state index contributed by atoms with van der Waals surface area (Å²) in [6, 6.07) is 12.6. The van der Waals surface area contributed by atoms with E-state index in [1.54, 1.807) is 36.4 Å². The van der Waals surface area contributed by atoms with Gasteiger partial charge in [-0.15, -0.1) is 0 Å². The molecule has 2 aromatic rings. The Balaban J connectivity index is 1.70.